The van der Waals surface area contributed by atoms with Crippen molar-refractivity contribution in [1.29, 1.82) is 0 Å². The van der Waals surface area contributed by atoms with Crippen molar-refractivity contribution in [1.82, 2.24) is 5.32 Å². The van der Waals surface area contributed by atoms with E-state index in [9.17, 15) is 18.0 Å². The molecule has 0 saturated carbocycles. The van der Waals surface area contributed by atoms with Gasteiger partial charge in [0.1, 0.15) is 18.8 Å². The number of carbonyl (C=O) groups excluding carboxylic acids is 2. The van der Waals surface area contributed by atoms with E-state index in [1.54, 1.807) is 6.92 Å². The molecule has 1 N–H and O–H groups in total. The molecule has 0 aromatic carbocycles. The minimum atomic E-state index is -2.95. The molecule has 2 saturated heterocycles. The zero-order chi connectivity index (χ0) is 15.6. The number of ether oxygens (including phenoxy) is 2. The smallest absolute Gasteiger partial charge is 0.325 e. The second-order valence-electron chi connectivity index (χ2n) is 5.18. The van der Waals surface area contributed by atoms with Gasteiger partial charge < -0.3 is 14.8 Å². The molecule has 2 rings (SSSR count). The summed E-state index contributed by atoms with van der Waals surface area (Å²) in [5.74, 6) is -1.04. The number of hydrogen-bond donors (Lipinski definition) is 2. The lowest BCUT2D eigenvalue weighted by atomic mass is 9.85. The quantitative estimate of drug-likeness (QED) is 0.370. The normalized spacial score (nSPS) is 33.9. The Bertz CT molecular complexity index is 524. The van der Waals surface area contributed by atoms with Crippen LogP contribution in [0.3, 0.4) is 0 Å². The molecule has 0 radical (unpaired) electrons. The topological polar surface area (TPSA) is 108 Å². The number of thiol groups is 1. The number of hydrogen-bond acceptors (Lipinski definition) is 7. The molecule has 0 aromatic heterocycles. The molecule has 2 fully saturated rings. The molecule has 4 unspecified atom stereocenters. The fourth-order valence-corrected chi connectivity index (χ4v) is 3.20. The van der Waals surface area contributed by atoms with Crippen LogP contribution in [-0.4, -0.2) is 50.8 Å². The van der Waals surface area contributed by atoms with Crippen molar-refractivity contribution in [3.8, 4) is 0 Å². The first-order valence-electron chi connectivity index (χ1n) is 6.43. The number of amides is 1. The van der Waals surface area contributed by atoms with Crippen molar-refractivity contribution in [2.45, 2.75) is 43.7 Å². The maximum atomic E-state index is 11.6. The minimum absolute atomic E-state index is 0.253. The third-order valence-corrected chi connectivity index (χ3v) is 4.08. The first kappa shape index (κ1) is 15.9. The molecule has 8 nitrogen and oxygen atoms in total. The maximum Gasteiger partial charge on any atom is 0.325 e. The lowest BCUT2D eigenvalue weighted by Crippen LogP contribution is -2.42. The van der Waals surface area contributed by atoms with Crippen LogP contribution in [0, 0.1) is 0 Å². The molecule has 2 aliphatic heterocycles. The molecule has 0 aliphatic carbocycles. The third-order valence-electron chi connectivity index (χ3n) is 3.66. The molecular weight excluding hydrogens is 302 g/mol. The fraction of sp³-hybridized carbons (Fsp3) is 0.667. The van der Waals surface area contributed by atoms with E-state index < -0.39 is 46.8 Å². The monoisotopic (exact) mass is 319 g/mol. The molecule has 0 spiro atoms. The summed E-state index contributed by atoms with van der Waals surface area (Å²) in [5, 5.41) is 2.32. The first-order chi connectivity index (χ1) is 9.84. The van der Waals surface area contributed by atoms with Crippen molar-refractivity contribution < 1.29 is 31.7 Å². The Kier molecular flexibility index (Phi) is 4.64. The van der Waals surface area contributed by atoms with Crippen LogP contribution < -0.4 is 5.32 Å². The Morgan fingerprint density at radius 1 is 1.52 bits per heavy atom. The summed E-state index contributed by atoms with van der Waals surface area (Å²) in [6.07, 6.45) is 0.338. The zero-order valence-electron chi connectivity index (χ0n) is 11.4. The van der Waals surface area contributed by atoms with E-state index in [0.717, 1.165) is 6.08 Å². The van der Waals surface area contributed by atoms with E-state index in [4.69, 9.17) is 13.7 Å². The number of carbonyl (C=O) groups is 2. The van der Waals surface area contributed by atoms with Crippen molar-refractivity contribution in [2.24, 2.45) is 0 Å². The van der Waals surface area contributed by atoms with E-state index in [1.165, 1.54) is 0 Å². The van der Waals surface area contributed by atoms with Gasteiger partial charge in [-0.3, -0.25) is 13.8 Å². The van der Waals surface area contributed by atoms with E-state index in [-0.39, 0.29) is 6.54 Å². The third kappa shape index (κ3) is 3.60. The number of fused-ring (bicyclic) bond motifs is 2. The number of esters is 1. The predicted octanol–water partition coefficient (Wildman–Crippen LogP) is -0.937. The van der Waals surface area contributed by atoms with Gasteiger partial charge in [0.25, 0.3) is 11.0 Å². The van der Waals surface area contributed by atoms with Crippen LogP contribution in [-0.2, 0) is 34.2 Å². The predicted molar refractivity (Wildman–Crippen MR) is 70.8 cm³/mol. The van der Waals surface area contributed by atoms with Gasteiger partial charge >= 0.3 is 5.97 Å². The van der Waals surface area contributed by atoms with Crippen molar-refractivity contribution in [3.63, 3.8) is 0 Å². The Morgan fingerprint density at radius 3 is 2.76 bits per heavy atom. The summed E-state index contributed by atoms with van der Waals surface area (Å²) in [6.45, 7) is 4.74. The van der Waals surface area contributed by atoms with E-state index >= 15 is 0 Å². The van der Waals surface area contributed by atoms with Crippen LogP contribution in [0.25, 0.3) is 0 Å². The Labute approximate surface area is 123 Å². The highest BCUT2D eigenvalue weighted by atomic mass is 32.2. The van der Waals surface area contributed by atoms with E-state index in [2.05, 4.69) is 11.9 Å². The molecule has 0 aromatic rings. The van der Waals surface area contributed by atoms with Gasteiger partial charge in [0, 0.05) is 12.8 Å². The van der Waals surface area contributed by atoms with Crippen LogP contribution in [0.5, 0.6) is 0 Å². The van der Waals surface area contributed by atoms with Gasteiger partial charge in [-0.25, -0.2) is 8.42 Å². The zero-order valence-corrected chi connectivity index (χ0v) is 12.3. The Hall–Kier alpha value is -1.45. The summed E-state index contributed by atoms with van der Waals surface area (Å²) in [5.41, 5.74) is -0.782. The van der Waals surface area contributed by atoms with Gasteiger partial charge in [-0.2, -0.15) is 0 Å². The van der Waals surface area contributed by atoms with Crippen LogP contribution in [0.2, 0.25) is 0 Å². The van der Waals surface area contributed by atoms with Crippen molar-refractivity contribution in [3.05, 3.63) is 12.7 Å². The first-order valence-corrected chi connectivity index (χ1v) is 7.52. The summed E-state index contributed by atoms with van der Waals surface area (Å²) >= 11 is 0. The number of nitrogens with one attached hydrogen (secondary N) is 1. The van der Waals surface area contributed by atoms with E-state index in [0.29, 0.717) is 12.8 Å². The maximum absolute atomic E-state index is 11.6. The molecule has 2 bridgehead atoms. The molecule has 1 amide bonds. The van der Waals surface area contributed by atoms with Gasteiger partial charge in [0.2, 0.25) is 5.91 Å². The second-order valence-corrected chi connectivity index (χ2v) is 5.83. The molecule has 4 atom stereocenters. The molecule has 21 heavy (non-hydrogen) atoms. The van der Waals surface area contributed by atoms with Gasteiger partial charge in [-0.15, -0.1) is 0 Å². The van der Waals surface area contributed by atoms with Crippen LogP contribution >= 0.6 is 0 Å². The van der Waals surface area contributed by atoms with Crippen LogP contribution in [0.1, 0.15) is 19.8 Å². The molecular formula is C12H17NO7S. The summed E-state index contributed by atoms with van der Waals surface area (Å²) in [7, 11) is -2.95. The Balaban J connectivity index is 1.85. The lowest BCUT2D eigenvalue weighted by Gasteiger charge is -2.29. The largest absolute Gasteiger partial charge is 0.458 e. The number of rotatable bonds is 6. The highest BCUT2D eigenvalue weighted by molar-refractivity contribution is 7.67. The van der Waals surface area contributed by atoms with Crippen molar-refractivity contribution >= 4 is 22.9 Å². The second kappa shape index (κ2) is 6.12. The van der Waals surface area contributed by atoms with Crippen LogP contribution in [0.4, 0.5) is 0 Å². The minimum Gasteiger partial charge on any atom is -0.458 e. The van der Waals surface area contributed by atoms with Gasteiger partial charge in [0.05, 0.1) is 11.7 Å². The van der Waals surface area contributed by atoms with Gasteiger partial charge in [-0.1, -0.05) is 6.58 Å². The van der Waals surface area contributed by atoms with Gasteiger partial charge in [0.15, 0.2) is 0 Å². The summed E-state index contributed by atoms with van der Waals surface area (Å²) in [6, 6.07) is 0. The average Bonchev–Trinajstić information content (AvgIpc) is 2.87. The van der Waals surface area contributed by atoms with Crippen LogP contribution in [0.15, 0.2) is 12.7 Å². The highest BCUT2D eigenvalue weighted by Gasteiger charge is 2.58. The lowest BCUT2D eigenvalue weighted by molar-refractivity contribution is -0.151. The molecule has 2 heterocycles. The standard InChI is InChI=1S/C12H17NO7S/c1-3-10(14)13-6-11(15)18-8-5-12(2)9(20-21(16)17)4-7(8)19-12/h3,7-9,21H,1,4-6H2,2H3,(H,13,14). The summed E-state index contributed by atoms with van der Waals surface area (Å²) < 4.78 is 37.0. The van der Waals surface area contributed by atoms with Gasteiger partial charge in [-0.05, 0) is 13.0 Å². The Morgan fingerprint density at radius 2 is 2.24 bits per heavy atom. The molecule has 9 heteroatoms. The SMILES string of the molecule is C=CC(=O)NCC(=O)OC1CC2(C)OC1CC2O[SH](=O)=O. The van der Waals surface area contributed by atoms with Crippen molar-refractivity contribution in [2.75, 3.05) is 6.54 Å². The fourth-order valence-electron chi connectivity index (χ4n) is 2.69. The summed E-state index contributed by atoms with van der Waals surface area (Å²) in [4.78, 5) is 22.5. The highest BCUT2D eigenvalue weighted by Crippen LogP contribution is 2.46. The average molecular weight is 319 g/mol. The molecule has 118 valence electrons. The van der Waals surface area contributed by atoms with E-state index in [1.807, 2.05) is 0 Å². The molecule has 2 aliphatic rings.